The summed E-state index contributed by atoms with van der Waals surface area (Å²) in [6.45, 7) is 8.49. The fourth-order valence-corrected chi connectivity index (χ4v) is 1.06. The second kappa shape index (κ2) is 7.04. The van der Waals surface area contributed by atoms with E-state index in [1.54, 1.807) is 0 Å². The van der Waals surface area contributed by atoms with Crippen LogP contribution in [0.25, 0.3) is 0 Å². The molecule has 15 heavy (non-hydrogen) atoms. The van der Waals surface area contributed by atoms with Crippen LogP contribution in [-0.2, 0) is 0 Å². The summed E-state index contributed by atoms with van der Waals surface area (Å²) in [7, 11) is 0. The highest BCUT2D eigenvalue weighted by Gasteiger charge is 2.08. The van der Waals surface area contributed by atoms with E-state index < -0.39 is 0 Å². The van der Waals surface area contributed by atoms with Gasteiger partial charge in [-0.2, -0.15) is 5.10 Å². The van der Waals surface area contributed by atoms with Crippen LogP contribution in [0.3, 0.4) is 0 Å². The first-order chi connectivity index (χ1) is 6.93. The lowest BCUT2D eigenvalue weighted by molar-refractivity contribution is 0.505. The number of nitrogens with zero attached hydrogens (tertiary/aromatic N) is 2. The Bertz CT molecular complexity index is 256. The van der Waals surface area contributed by atoms with E-state index in [9.17, 15) is 0 Å². The fraction of sp³-hybridized carbons (Fsp3) is 0.636. The van der Waals surface area contributed by atoms with Gasteiger partial charge in [-0.1, -0.05) is 25.5 Å². The highest BCUT2D eigenvalue weighted by atomic mass is 15.3. The topological polar surface area (TPSA) is 76.8 Å². The molecule has 4 N–H and O–H groups in total. The number of nitrogens with two attached hydrogens (primary N) is 2. The summed E-state index contributed by atoms with van der Waals surface area (Å²) in [5.74, 6) is 0.900. The predicted octanol–water partition coefficient (Wildman–Crippen LogP) is 1.87. The van der Waals surface area contributed by atoms with Gasteiger partial charge in [-0.15, -0.1) is 5.10 Å². The third kappa shape index (κ3) is 7.73. The summed E-state index contributed by atoms with van der Waals surface area (Å²) in [5.41, 5.74) is 11.7. The predicted molar refractivity (Wildman–Crippen MR) is 66.7 cm³/mol. The number of hydrogen-bond acceptors (Lipinski definition) is 2. The van der Waals surface area contributed by atoms with E-state index in [1.165, 1.54) is 5.57 Å². The normalized spacial score (nSPS) is 12.9. The first kappa shape index (κ1) is 13.7. The van der Waals surface area contributed by atoms with E-state index in [4.69, 9.17) is 11.5 Å². The second-order valence-corrected chi connectivity index (χ2v) is 4.21. The Morgan fingerprint density at radius 2 is 1.87 bits per heavy atom. The molecule has 0 rings (SSSR count). The van der Waals surface area contributed by atoms with E-state index in [0.29, 0.717) is 11.8 Å². The molecule has 0 heterocycles. The summed E-state index contributed by atoms with van der Waals surface area (Å²) < 4.78 is 0. The Morgan fingerprint density at radius 1 is 1.27 bits per heavy atom. The van der Waals surface area contributed by atoms with Gasteiger partial charge in [0.25, 0.3) is 0 Å². The zero-order chi connectivity index (χ0) is 11.8. The molecular weight excluding hydrogens is 188 g/mol. The molecule has 0 unspecified atom stereocenters. The van der Waals surface area contributed by atoms with Crippen LogP contribution in [0.15, 0.2) is 21.9 Å². The van der Waals surface area contributed by atoms with E-state index in [0.717, 1.165) is 6.42 Å². The van der Waals surface area contributed by atoms with E-state index in [-0.39, 0.29) is 5.96 Å². The van der Waals surface area contributed by atoms with Crippen molar-refractivity contribution in [3.8, 4) is 0 Å². The smallest absolute Gasteiger partial charge is 0.211 e. The average molecular weight is 210 g/mol. The minimum absolute atomic E-state index is 0.00373. The highest BCUT2D eigenvalue weighted by molar-refractivity contribution is 5.76. The van der Waals surface area contributed by atoms with Gasteiger partial charge in [-0.05, 0) is 26.2 Å². The molecule has 0 aliphatic carbocycles. The zero-order valence-electron chi connectivity index (χ0n) is 10.1. The van der Waals surface area contributed by atoms with Gasteiger partial charge in [-0.25, -0.2) is 0 Å². The lowest BCUT2D eigenvalue weighted by Crippen LogP contribution is -2.22. The van der Waals surface area contributed by atoms with Gasteiger partial charge < -0.3 is 11.5 Å². The molecule has 0 aromatic carbocycles. The maximum Gasteiger partial charge on any atom is 0.211 e. The van der Waals surface area contributed by atoms with Crippen molar-refractivity contribution in [2.24, 2.45) is 33.5 Å². The first-order valence-electron chi connectivity index (χ1n) is 5.19. The second-order valence-electron chi connectivity index (χ2n) is 4.21. The summed E-state index contributed by atoms with van der Waals surface area (Å²) >= 11 is 0. The molecule has 0 saturated heterocycles. The Hall–Kier alpha value is -1.32. The van der Waals surface area contributed by atoms with Gasteiger partial charge in [-0.3, -0.25) is 0 Å². The Balaban J connectivity index is 4.35. The van der Waals surface area contributed by atoms with Crippen LogP contribution in [0, 0.1) is 11.8 Å². The van der Waals surface area contributed by atoms with Crippen LogP contribution < -0.4 is 11.5 Å². The minimum Gasteiger partial charge on any atom is -0.369 e. The number of allylic oxidation sites excluding steroid dienone is 2. The van der Waals surface area contributed by atoms with Crippen molar-refractivity contribution in [1.82, 2.24) is 0 Å². The zero-order valence-corrected chi connectivity index (χ0v) is 10.1. The average Bonchev–Trinajstić information content (AvgIpc) is 2.09. The summed E-state index contributed by atoms with van der Waals surface area (Å²) in [5, 5.41) is 7.45. The van der Waals surface area contributed by atoms with E-state index in [2.05, 4.69) is 44.0 Å². The van der Waals surface area contributed by atoms with Crippen LogP contribution in [0.4, 0.5) is 0 Å². The highest BCUT2D eigenvalue weighted by Crippen LogP contribution is 2.14. The molecule has 0 aromatic rings. The molecule has 4 nitrogen and oxygen atoms in total. The van der Waals surface area contributed by atoms with Crippen LogP contribution in [0.1, 0.15) is 34.1 Å². The van der Waals surface area contributed by atoms with Crippen molar-refractivity contribution < 1.29 is 0 Å². The van der Waals surface area contributed by atoms with Gasteiger partial charge in [0.15, 0.2) is 0 Å². The third-order valence-corrected chi connectivity index (χ3v) is 2.09. The van der Waals surface area contributed by atoms with Crippen molar-refractivity contribution in [2.75, 3.05) is 0 Å². The SMILES string of the molecule is CC(C)=CC[C@@H](/C=N/N=C(N)N)C(C)C. The summed E-state index contributed by atoms with van der Waals surface area (Å²) in [4.78, 5) is 0. The minimum atomic E-state index is -0.00373. The Kier molecular flexibility index (Phi) is 6.42. The first-order valence-corrected chi connectivity index (χ1v) is 5.19. The molecule has 0 spiro atoms. The maximum atomic E-state index is 5.18. The van der Waals surface area contributed by atoms with Crippen molar-refractivity contribution in [1.29, 1.82) is 0 Å². The molecule has 0 saturated carbocycles. The van der Waals surface area contributed by atoms with Crippen LogP contribution in [-0.4, -0.2) is 12.2 Å². The van der Waals surface area contributed by atoms with Gasteiger partial charge in [0.05, 0.1) is 0 Å². The van der Waals surface area contributed by atoms with Crippen molar-refractivity contribution >= 4 is 12.2 Å². The number of rotatable bonds is 5. The molecule has 0 aliphatic heterocycles. The van der Waals surface area contributed by atoms with Crippen molar-refractivity contribution in [3.05, 3.63) is 11.6 Å². The molecular formula is C11H22N4. The lowest BCUT2D eigenvalue weighted by Gasteiger charge is -2.13. The summed E-state index contributed by atoms with van der Waals surface area (Å²) in [6, 6.07) is 0. The van der Waals surface area contributed by atoms with E-state index >= 15 is 0 Å². The molecule has 0 fully saturated rings. The molecule has 4 heteroatoms. The van der Waals surface area contributed by atoms with Crippen molar-refractivity contribution in [2.45, 2.75) is 34.1 Å². The summed E-state index contributed by atoms with van der Waals surface area (Å²) in [6.07, 6.45) is 4.99. The van der Waals surface area contributed by atoms with Crippen LogP contribution in [0.2, 0.25) is 0 Å². The van der Waals surface area contributed by atoms with Crippen LogP contribution >= 0.6 is 0 Å². The number of guanidine groups is 1. The van der Waals surface area contributed by atoms with Gasteiger partial charge in [0.1, 0.15) is 0 Å². The monoisotopic (exact) mass is 210 g/mol. The Labute approximate surface area is 92.1 Å². The standard InChI is InChI=1S/C11H22N4/c1-8(2)5-6-10(9(3)4)7-14-15-11(12)13/h5,7,9-10H,6H2,1-4H3,(H4,12,13,15)/b14-7+/t10-/m0/s1. The maximum absolute atomic E-state index is 5.18. The van der Waals surface area contributed by atoms with Crippen LogP contribution in [0.5, 0.6) is 0 Å². The number of hydrogen-bond donors (Lipinski definition) is 2. The Morgan fingerprint density at radius 3 is 2.27 bits per heavy atom. The third-order valence-electron chi connectivity index (χ3n) is 2.09. The molecule has 1 atom stereocenters. The molecule has 0 amide bonds. The van der Waals surface area contributed by atoms with Gasteiger partial charge in [0.2, 0.25) is 5.96 Å². The molecule has 0 bridgehead atoms. The quantitative estimate of drug-likeness (QED) is 0.314. The van der Waals surface area contributed by atoms with Gasteiger partial charge >= 0.3 is 0 Å². The molecule has 0 aromatic heterocycles. The fourth-order valence-electron chi connectivity index (χ4n) is 1.06. The largest absolute Gasteiger partial charge is 0.369 e. The van der Waals surface area contributed by atoms with Crippen molar-refractivity contribution in [3.63, 3.8) is 0 Å². The van der Waals surface area contributed by atoms with E-state index in [1.807, 2.05) is 6.21 Å². The molecule has 0 radical (unpaired) electrons. The molecule has 0 aliphatic rings. The van der Waals surface area contributed by atoms with Gasteiger partial charge in [0, 0.05) is 12.1 Å². The molecule has 86 valence electrons. The lowest BCUT2D eigenvalue weighted by atomic mass is 9.93.